The van der Waals surface area contributed by atoms with Gasteiger partial charge in [-0.1, -0.05) is 23.4 Å². The van der Waals surface area contributed by atoms with E-state index in [1.165, 1.54) is 0 Å². The Bertz CT molecular complexity index is 608. The zero-order chi connectivity index (χ0) is 14.0. The fourth-order valence-electron chi connectivity index (χ4n) is 2.59. The lowest BCUT2D eigenvalue weighted by atomic mass is 9.93. The molecule has 1 unspecified atom stereocenters. The maximum Gasteiger partial charge on any atom is 0.229 e. The van der Waals surface area contributed by atoms with Crippen molar-refractivity contribution in [1.29, 1.82) is 0 Å². The van der Waals surface area contributed by atoms with Crippen LogP contribution in [0.1, 0.15) is 36.3 Å². The minimum Gasteiger partial charge on any atom is -0.411 e. The highest BCUT2D eigenvalue weighted by Gasteiger charge is 2.28. The van der Waals surface area contributed by atoms with Crippen LogP contribution in [-0.4, -0.2) is 25.6 Å². The first-order chi connectivity index (χ1) is 8.92. The molecule has 0 spiro atoms. The number of para-hydroxylation sites is 1. The molecule has 2 rings (SSSR count). The predicted octanol–water partition coefficient (Wildman–Crippen LogP) is 2.46. The van der Waals surface area contributed by atoms with Gasteiger partial charge in [0.05, 0.1) is 17.7 Å². The van der Waals surface area contributed by atoms with E-state index in [1.54, 1.807) is 0 Å². The summed E-state index contributed by atoms with van der Waals surface area (Å²) in [6, 6.07) is 5.65. The van der Waals surface area contributed by atoms with Gasteiger partial charge in [-0.05, 0) is 37.3 Å². The van der Waals surface area contributed by atoms with Crippen molar-refractivity contribution in [2.75, 3.05) is 11.0 Å². The molecule has 1 fully saturated rings. The van der Waals surface area contributed by atoms with E-state index in [2.05, 4.69) is 9.88 Å². The molecule has 0 aliphatic heterocycles. The summed E-state index contributed by atoms with van der Waals surface area (Å²) < 4.78 is 25.5. The summed E-state index contributed by atoms with van der Waals surface area (Å²) in [5.41, 5.74) is 3.09. The van der Waals surface area contributed by atoms with Crippen LogP contribution in [0.3, 0.4) is 0 Å². The fourth-order valence-corrected chi connectivity index (χ4v) is 3.24. The average molecular weight is 282 g/mol. The van der Waals surface area contributed by atoms with Crippen molar-refractivity contribution in [3.05, 3.63) is 29.3 Å². The second kappa shape index (κ2) is 5.21. The Hall–Kier alpha value is -1.56. The molecule has 1 aromatic carbocycles. The van der Waals surface area contributed by atoms with E-state index in [4.69, 9.17) is 5.21 Å². The van der Waals surface area contributed by atoms with Gasteiger partial charge in [0.2, 0.25) is 10.0 Å². The number of rotatable bonds is 3. The quantitative estimate of drug-likeness (QED) is 0.660. The molecule has 0 amide bonds. The lowest BCUT2D eigenvalue weighted by Gasteiger charge is -2.18. The molecule has 5 nitrogen and oxygen atoms in total. The molecule has 1 aromatic rings. The molecule has 0 saturated heterocycles. The minimum atomic E-state index is -3.33. The number of benzene rings is 1. The maximum atomic E-state index is 11.5. The number of hydrogen-bond acceptors (Lipinski definition) is 4. The Morgan fingerprint density at radius 3 is 2.79 bits per heavy atom. The van der Waals surface area contributed by atoms with Gasteiger partial charge in [0.1, 0.15) is 0 Å². The van der Waals surface area contributed by atoms with Crippen LogP contribution in [0.5, 0.6) is 0 Å². The molecule has 104 valence electrons. The maximum absolute atomic E-state index is 11.5. The van der Waals surface area contributed by atoms with Crippen LogP contribution >= 0.6 is 0 Å². The first-order valence-corrected chi connectivity index (χ1v) is 8.09. The topological polar surface area (TPSA) is 78.8 Å². The van der Waals surface area contributed by atoms with Crippen molar-refractivity contribution >= 4 is 21.4 Å². The van der Waals surface area contributed by atoms with Crippen molar-refractivity contribution in [3.8, 4) is 0 Å². The van der Waals surface area contributed by atoms with Crippen molar-refractivity contribution in [2.24, 2.45) is 5.16 Å². The molecular weight excluding hydrogens is 264 g/mol. The first-order valence-electron chi connectivity index (χ1n) is 6.20. The van der Waals surface area contributed by atoms with Crippen LogP contribution in [-0.2, 0) is 10.0 Å². The Labute approximate surface area is 113 Å². The number of aryl methyl sites for hydroxylation is 1. The van der Waals surface area contributed by atoms with Gasteiger partial charge in [-0.3, -0.25) is 4.72 Å². The summed E-state index contributed by atoms with van der Waals surface area (Å²) in [5, 5.41) is 12.4. The van der Waals surface area contributed by atoms with Gasteiger partial charge >= 0.3 is 0 Å². The van der Waals surface area contributed by atoms with Gasteiger partial charge < -0.3 is 5.21 Å². The molecule has 1 atom stereocenters. The van der Waals surface area contributed by atoms with Crippen LogP contribution in [0.2, 0.25) is 0 Å². The summed E-state index contributed by atoms with van der Waals surface area (Å²) in [5.74, 6) is -0.00542. The van der Waals surface area contributed by atoms with E-state index in [1.807, 2.05) is 25.1 Å². The summed E-state index contributed by atoms with van der Waals surface area (Å²) >= 11 is 0. The van der Waals surface area contributed by atoms with E-state index in [0.29, 0.717) is 5.69 Å². The lowest BCUT2D eigenvalue weighted by Crippen LogP contribution is -2.15. The van der Waals surface area contributed by atoms with Gasteiger partial charge in [-0.25, -0.2) is 8.42 Å². The SMILES string of the molecule is Cc1cccc(C2CCCC2=NO)c1NS(C)(=O)=O. The lowest BCUT2D eigenvalue weighted by molar-refractivity contribution is 0.316. The van der Waals surface area contributed by atoms with Gasteiger partial charge in [0.25, 0.3) is 0 Å². The minimum absolute atomic E-state index is 0.00542. The molecule has 19 heavy (non-hydrogen) atoms. The number of nitrogens with one attached hydrogen (secondary N) is 1. The third-order valence-corrected chi connectivity index (χ3v) is 4.00. The first kappa shape index (κ1) is 13.9. The van der Waals surface area contributed by atoms with E-state index >= 15 is 0 Å². The number of sulfonamides is 1. The van der Waals surface area contributed by atoms with E-state index < -0.39 is 10.0 Å². The fraction of sp³-hybridized carbons (Fsp3) is 0.462. The molecule has 0 bridgehead atoms. The normalized spacial score (nSPS) is 21.8. The number of nitrogens with zero attached hydrogens (tertiary/aromatic N) is 1. The highest BCUT2D eigenvalue weighted by atomic mass is 32.2. The Kier molecular flexibility index (Phi) is 3.80. The van der Waals surface area contributed by atoms with E-state index in [-0.39, 0.29) is 5.92 Å². The third-order valence-electron chi connectivity index (χ3n) is 3.42. The molecule has 1 aliphatic rings. The summed E-state index contributed by atoms with van der Waals surface area (Å²) in [4.78, 5) is 0. The van der Waals surface area contributed by atoms with E-state index in [0.717, 1.165) is 42.4 Å². The second-order valence-corrected chi connectivity index (χ2v) is 6.70. The van der Waals surface area contributed by atoms with Crippen molar-refractivity contribution in [1.82, 2.24) is 0 Å². The Balaban J connectivity index is 2.48. The Morgan fingerprint density at radius 1 is 1.42 bits per heavy atom. The highest BCUT2D eigenvalue weighted by Crippen LogP contribution is 2.37. The molecule has 0 radical (unpaired) electrons. The third kappa shape index (κ3) is 3.07. The number of hydrogen-bond donors (Lipinski definition) is 2. The van der Waals surface area contributed by atoms with Crippen LogP contribution in [0.4, 0.5) is 5.69 Å². The smallest absolute Gasteiger partial charge is 0.229 e. The van der Waals surface area contributed by atoms with Crippen LogP contribution in [0.15, 0.2) is 23.4 Å². The molecule has 0 heterocycles. The van der Waals surface area contributed by atoms with Crippen LogP contribution in [0, 0.1) is 6.92 Å². The van der Waals surface area contributed by atoms with Crippen molar-refractivity contribution in [3.63, 3.8) is 0 Å². The predicted molar refractivity (Wildman–Crippen MR) is 75.5 cm³/mol. The zero-order valence-corrected chi connectivity index (χ0v) is 11.9. The average Bonchev–Trinajstić information content (AvgIpc) is 2.78. The standard InChI is InChI=1S/C13H18N2O3S/c1-9-5-3-7-11(13(9)15-19(2,17)18)10-6-4-8-12(10)14-16/h3,5,7,10,15-16H,4,6,8H2,1-2H3. The number of anilines is 1. The molecular formula is C13H18N2O3S. The van der Waals surface area contributed by atoms with Gasteiger partial charge in [0, 0.05) is 5.92 Å². The zero-order valence-electron chi connectivity index (χ0n) is 11.0. The molecule has 0 aromatic heterocycles. The monoisotopic (exact) mass is 282 g/mol. The summed E-state index contributed by atoms with van der Waals surface area (Å²) in [6.45, 7) is 1.86. The molecule has 1 saturated carbocycles. The van der Waals surface area contributed by atoms with E-state index in [9.17, 15) is 8.42 Å². The van der Waals surface area contributed by atoms with Gasteiger partial charge in [0.15, 0.2) is 0 Å². The molecule has 6 heteroatoms. The molecule has 1 aliphatic carbocycles. The van der Waals surface area contributed by atoms with Crippen LogP contribution < -0.4 is 4.72 Å². The Morgan fingerprint density at radius 2 is 2.16 bits per heavy atom. The number of oxime groups is 1. The van der Waals surface area contributed by atoms with Crippen molar-refractivity contribution < 1.29 is 13.6 Å². The molecule has 2 N–H and O–H groups in total. The summed E-state index contributed by atoms with van der Waals surface area (Å²) in [6.07, 6.45) is 3.73. The largest absolute Gasteiger partial charge is 0.411 e. The highest BCUT2D eigenvalue weighted by molar-refractivity contribution is 7.92. The van der Waals surface area contributed by atoms with Crippen molar-refractivity contribution in [2.45, 2.75) is 32.1 Å². The van der Waals surface area contributed by atoms with Gasteiger partial charge in [-0.2, -0.15) is 0 Å². The summed E-state index contributed by atoms with van der Waals surface area (Å²) in [7, 11) is -3.33. The van der Waals surface area contributed by atoms with Crippen LogP contribution in [0.25, 0.3) is 0 Å². The second-order valence-electron chi connectivity index (χ2n) is 4.95. The van der Waals surface area contributed by atoms with Gasteiger partial charge in [-0.15, -0.1) is 0 Å².